The molecule has 0 spiro atoms. The molecule has 0 aliphatic rings. The lowest BCUT2D eigenvalue weighted by Gasteiger charge is -2.08. The summed E-state index contributed by atoms with van der Waals surface area (Å²) in [6.45, 7) is 2.09. The van der Waals surface area contributed by atoms with Gasteiger partial charge in [0.05, 0.1) is 5.92 Å². The van der Waals surface area contributed by atoms with Crippen molar-refractivity contribution in [1.82, 2.24) is 0 Å². The van der Waals surface area contributed by atoms with E-state index in [0.29, 0.717) is 6.54 Å². The zero-order chi connectivity index (χ0) is 9.84. The van der Waals surface area contributed by atoms with Gasteiger partial charge in [-0.05, 0) is 24.1 Å². The lowest BCUT2D eigenvalue weighted by Crippen LogP contribution is -2.13. The third kappa shape index (κ3) is 2.06. The van der Waals surface area contributed by atoms with E-state index in [1.54, 1.807) is 25.1 Å². The molecular formula is C10H13NO2. The van der Waals surface area contributed by atoms with Crippen LogP contribution in [0.3, 0.4) is 0 Å². The molecule has 0 fully saturated rings. The van der Waals surface area contributed by atoms with Crippen LogP contribution in [0.25, 0.3) is 0 Å². The second kappa shape index (κ2) is 4.05. The third-order valence-corrected chi connectivity index (χ3v) is 2.07. The Balaban J connectivity index is 3.01. The first-order chi connectivity index (χ1) is 6.19. The zero-order valence-electron chi connectivity index (χ0n) is 7.53. The second-order valence-electron chi connectivity index (χ2n) is 3.02. The number of carbonyl (C=O) groups excluding carboxylic acids is 1. The van der Waals surface area contributed by atoms with Crippen LogP contribution in [0.15, 0.2) is 18.2 Å². The van der Waals surface area contributed by atoms with Crippen molar-refractivity contribution in [1.29, 1.82) is 0 Å². The summed E-state index contributed by atoms with van der Waals surface area (Å²) >= 11 is 0. The molecule has 1 aromatic rings. The molecule has 0 aliphatic heterocycles. The molecule has 0 aliphatic carbocycles. The maximum absolute atomic E-state index is 10.6. The molecule has 1 rings (SSSR count). The highest BCUT2D eigenvalue weighted by molar-refractivity contribution is 5.63. The first-order valence-electron chi connectivity index (χ1n) is 4.14. The van der Waals surface area contributed by atoms with Crippen molar-refractivity contribution in [2.24, 2.45) is 5.73 Å². The van der Waals surface area contributed by atoms with Gasteiger partial charge in [0, 0.05) is 6.54 Å². The monoisotopic (exact) mass is 179 g/mol. The fourth-order valence-corrected chi connectivity index (χ4v) is 1.18. The molecule has 3 heteroatoms. The number of aryl methyl sites for hydroxylation is 1. The number of aldehydes is 1. The van der Waals surface area contributed by atoms with Gasteiger partial charge in [-0.1, -0.05) is 12.1 Å². The van der Waals surface area contributed by atoms with Gasteiger partial charge in [-0.15, -0.1) is 0 Å². The fraction of sp³-hybridized carbons (Fsp3) is 0.300. The van der Waals surface area contributed by atoms with Crippen LogP contribution in [0.5, 0.6) is 5.75 Å². The highest BCUT2D eigenvalue weighted by Crippen LogP contribution is 2.21. The molecule has 0 aromatic heterocycles. The normalized spacial score (nSPS) is 12.5. The predicted molar refractivity (Wildman–Crippen MR) is 50.7 cm³/mol. The van der Waals surface area contributed by atoms with Gasteiger partial charge in [0.25, 0.3) is 0 Å². The van der Waals surface area contributed by atoms with E-state index >= 15 is 0 Å². The van der Waals surface area contributed by atoms with Crippen molar-refractivity contribution in [3.05, 3.63) is 29.3 Å². The number of benzene rings is 1. The van der Waals surface area contributed by atoms with Crippen molar-refractivity contribution in [3.8, 4) is 5.75 Å². The van der Waals surface area contributed by atoms with Crippen LogP contribution in [0, 0.1) is 6.92 Å². The summed E-state index contributed by atoms with van der Waals surface area (Å²) in [6, 6.07) is 5.08. The molecule has 3 N–H and O–H groups in total. The number of phenolic OH excluding ortho intramolecular Hbond substituents is 1. The van der Waals surface area contributed by atoms with Crippen molar-refractivity contribution >= 4 is 6.29 Å². The summed E-state index contributed by atoms with van der Waals surface area (Å²) < 4.78 is 0. The average Bonchev–Trinajstić information content (AvgIpc) is 2.13. The van der Waals surface area contributed by atoms with Crippen LogP contribution < -0.4 is 5.73 Å². The number of nitrogens with two attached hydrogens (primary N) is 1. The zero-order valence-corrected chi connectivity index (χ0v) is 7.53. The lowest BCUT2D eigenvalue weighted by atomic mass is 9.99. The van der Waals surface area contributed by atoms with E-state index in [0.717, 1.165) is 17.4 Å². The predicted octanol–water partition coefficient (Wildman–Crippen LogP) is 0.942. The SMILES string of the molecule is Cc1cc(C(C=O)CN)ccc1O. The van der Waals surface area contributed by atoms with Crippen LogP contribution in [0.1, 0.15) is 17.0 Å². The maximum atomic E-state index is 10.6. The third-order valence-electron chi connectivity index (χ3n) is 2.07. The van der Waals surface area contributed by atoms with E-state index in [1.165, 1.54) is 0 Å². The van der Waals surface area contributed by atoms with Crippen molar-refractivity contribution < 1.29 is 9.90 Å². The summed E-state index contributed by atoms with van der Waals surface area (Å²) in [5.74, 6) is -0.0234. The smallest absolute Gasteiger partial charge is 0.128 e. The Morgan fingerprint density at radius 1 is 1.62 bits per heavy atom. The first kappa shape index (κ1) is 9.74. The van der Waals surface area contributed by atoms with Gasteiger partial charge in [-0.3, -0.25) is 0 Å². The number of hydrogen-bond donors (Lipinski definition) is 2. The van der Waals surface area contributed by atoms with Crippen LogP contribution >= 0.6 is 0 Å². The molecule has 1 unspecified atom stereocenters. The van der Waals surface area contributed by atoms with Gasteiger partial charge in [0.15, 0.2) is 0 Å². The Morgan fingerprint density at radius 3 is 2.77 bits per heavy atom. The molecule has 0 bridgehead atoms. The van der Waals surface area contributed by atoms with Gasteiger partial charge in [-0.25, -0.2) is 0 Å². The van der Waals surface area contributed by atoms with Gasteiger partial charge in [0.1, 0.15) is 12.0 Å². The minimum atomic E-state index is -0.265. The molecule has 0 heterocycles. The minimum absolute atomic E-state index is 0.241. The summed E-state index contributed by atoms with van der Waals surface area (Å²) in [6.07, 6.45) is 0.825. The highest BCUT2D eigenvalue weighted by Gasteiger charge is 2.08. The summed E-state index contributed by atoms with van der Waals surface area (Å²) in [7, 11) is 0. The van der Waals surface area contributed by atoms with Crippen molar-refractivity contribution in [3.63, 3.8) is 0 Å². The summed E-state index contributed by atoms with van der Waals surface area (Å²) in [4.78, 5) is 10.6. The second-order valence-corrected chi connectivity index (χ2v) is 3.02. The molecule has 0 amide bonds. The van der Waals surface area contributed by atoms with Crippen LogP contribution in [0.4, 0.5) is 0 Å². The molecule has 3 nitrogen and oxygen atoms in total. The Morgan fingerprint density at radius 2 is 2.31 bits per heavy atom. The summed E-state index contributed by atoms with van der Waals surface area (Å²) in [5, 5.41) is 9.25. The van der Waals surface area contributed by atoms with E-state index in [9.17, 15) is 9.90 Å². The summed E-state index contributed by atoms with van der Waals surface area (Å²) in [5.41, 5.74) is 7.03. The van der Waals surface area contributed by atoms with E-state index in [1.807, 2.05) is 0 Å². The number of rotatable bonds is 3. The Bertz CT molecular complexity index is 310. The lowest BCUT2D eigenvalue weighted by molar-refractivity contribution is -0.108. The minimum Gasteiger partial charge on any atom is -0.508 e. The Labute approximate surface area is 77.2 Å². The number of carbonyl (C=O) groups is 1. The molecule has 0 saturated carbocycles. The van der Waals surface area contributed by atoms with Gasteiger partial charge < -0.3 is 15.6 Å². The fourth-order valence-electron chi connectivity index (χ4n) is 1.18. The highest BCUT2D eigenvalue weighted by atomic mass is 16.3. The van der Waals surface area contributed by atoms with Gasteiger partial charge in [0.2, 0.25) is 0 Å². The molecule has 1 atom stereocenters. The number of phenols is 1. The number of aromatic hydroxyl groups is 1. The van der Waals surface area contributed by atoms with E-state index in [-0.39, 0.29) is 11.7 Å². The number of hydrogen-bond acceptors (Lipinski definition) is 3. The molecule has 0 radical (unpaired) electrons. The van der Waals surface area contributed by atoms with Crippen LogP contribution in [0.2, 0.25) is 0 Å². The topological polar surface area (TPSA) is 63.3 Å². The standard InChI is InChI=1S/C10H13NO2/c1-7-4-8(2-3-10(7)13)9(5-11)6-12/h2-4,6,9,13H,5,11H2,1H3. The van der Waals surface area contributed by atoms with Crippen molar-refractivity contribution in [2.45, 2.75) is 12.8 Å². The molecular weight excluding hydrogens is 166 g/mol. The Kier molecular flexibility index (Phi) is 3.03. The molecule has 70 valence electrons. The molecule has 13 heavy (non-hydrogen) atoms. The van der Waals surface area contributed by atoms with E-state index in [4.69, 9.17) is 5.73 Å². The van der Waals surface area contributed by atoms with E-state index < -0.39 is 0 Å². The van der Waals surface area contributed by atoms with Gasteiger partial charge in [-0.2, -0.15) is 0 Å². The quantitative estimate of drug-likeness (QED) is 0.679. The maximum Gasteiger partial charge on any atom is 0.128 e. The largest absolute Gasteiger partial charge is 0.508 e. The van der Waals surface area contributed by atoms with Crippen LogP contribution in [-0.2, 0) is 4.79 Å². The molecule has 1 aromatic carbocycles. The average molecular weight is 179 g/mol. The van der Waals surface area contributed by atoms with E-state index in [2.05, 4.69) is 0 Å². The Hall–Kier alpha value is -1.35. The molecule has 0 saturated heterocycles. The van der Waals surface area contributed by atoms with Crippen molar-refractivity contribution in [2.75, 3.05) is 6.54 Å². The van der Waals surface area contributed by atoms with Crippen LogP contribution in [-0.4, -0.2) is 17.9 Å². The first-order valence-corrected chi connectivity index (χ1v) is 4.14. The van der Waals surface area contributed by atoms with Gasteiger partial charge >= 0.3 is 0 Å².